The van der Waals surface area contributed by atoms with Crippen molar-refractivity contribution in [3.8, 4) is 17.2 Å². The molecule has 2 aromatic carbocycles. The van der Waals surface area contributed by atoms with Crippen LogP contribution in [-0.2, 0) is 0 Å². The molecule has 1 aliphatic rings. The Morgan fingerprint density at radius 3 is 2.60 bits per heavy atom. The summed E-state index contributed by atoms with van der Waals surface area (Å²) < 4.78 is 2.44. The highest BCUT2D eigenvalue weighted by atomic mass is 15.0. The molecule has 0 amide bonds. The van der Waals surface area contributed by atoms with Gasteiger partial charge in [-0.15, -0.1) is 0 Å². The number of aryl methyl sites for hydroxylation is 1. The van der Waals surface area contributed by atoms with Gasteiger partial charge in [0.2, 0.25) is 0 Å². The lowest BCUT2D eigenvalue weighted by Gasteiger charge is -2.13. The zero-order valence-electron chi connectivity index (χ0n) is 14.8. The molecule has 0 spiro atoms. The minimum atomic E-state index is 0.560. The summed E-state index contributed by atoms with van der Waals surface area (Å²) >= 11 is 0. The van der Waals surface area contributed by atoms with Crippen molar-refractivity contribution in [3.05, 3.63) is 53.2 Å². The predicted molar refractivity (Wildman–Crippen MR) is 103 cm³/mol. The molecular weight excluding hydrogens is 306 g/mol. The van der Waals surface area contributed by atoms with Crippen LogP contribution in [-0.4, -0.2) is 4.57 Å². The van der Waals surface area contributed by atoms with Gasteiger partial charge in [0.25, 0.3) is 0 Å². The van der Waals surface area contributed by atoms with Crippen LogP contribution in [0, 0.1) is 25.2 Å². The predicted octanol–water partition coefficient (Wildman–Crippen LogP) is 5.49. The van der Waals surface area contributed by atoms with Crippen molar-refractivity contribution in [1.82, 2.24) is 4.57 Å². The fraction of sp³-hybridized carbons (Fsp3) is 0.318. The third kappa shape index (κ3) is 2.49. The molecular formula is C22H23N3. The van der Waals surface area contributed by atoms with Crippen molar-refractivity contribution in [2.75, 3.05) is 5.73 Å². The molecule has 2 N–H and O–H groups in total. The normalized spacial score (nSPS) is 14.9. The number of hydrogen-bond acceptors (Lipinski definition) is 2. The molecule has 1 saturated carbocycles. The molecule has 0 bridgehead atoms. The maximum atomic E-state index is 9.48. The Morgan fingerprint density at radius 2 is 1.88 bits per heavy atom. The molecule has 0 atom stereocenters. The number of aromatic nitrogens is 1. The highest BCUT2D eigenvalue weighted by molar-refractivity contribution is 5.98. The van der Waals surface area contributed by atoms with E-state index in [2.05, 4.69) is 35.9 Å². The van der Waals surface area contributed by atoms with Crippen molar-refractivity contribution >= 4 is 16.6 Å². The van der Waals surface area contributed by atoms with Crippen molar-refractivity contribution < 1.29 is 0 Å². The maximum absolute atomic E-state index is 9.48. The summed E-state index contributed by atoms with van der Waals surface area (Å²) in [6.07, 6.45) is 7.35. The molecule has 4 rings (SSSR count). The fourth-order valence-corrected chi connectivity index (χ4v) is 4.17. The Kier molecular flexibility index (Phi) is 3.77. The highest BCUT2D eigenvalue weighted by Gasteiger charge is 2.22. The number of fused-ring (bicyclic) bond motifs is 1. The average Bonchev–Trinajstić information content (AvgIpc) is 3.24. The van der Waals surface area contributed by atoms with Crippen LogP contribution < -0.4 is 5.73 Å². The van der Waals surface area contributed by atoms with Gasteiger partial charge in [-0.1, -0.05) is 25.0 Å². The van der Waals surface area contributed by atoms with Crippen LogP contribution >= 0.6 is 0 Å². The molecule has 1 heterocycles. The van der Waals surface area contributed by atoms with Crippen LogP contribution in [0.5, 0.6) is 0 Å². The van der Waals surface area contributed by atoms with E-state index in [1.165, 1.54) is 36.8 Å². The van der Waals surface area contributed by atoms with Crippen molar-refractivity contribution in [3.63, 3.8) is 0 Å². The first-order chi connectivity index (χ1) is 12.1. The van der Waals surface area contributed by atoms with E-state index >= 15 is 0 Å². The topological polar surface area (TPSA) is 54.7 Å². The Morgan fingerprint density at radius 1 is 1.12 bits per heavy atom. The number of benzene rings is 2. The van der Waals surface area contributed by atoms with Crippen LogP contribution in [0.1, 0.15) is 48.4 Å². The molecule has 25 heavy (non-hydrogen) atoms. The van der Waals surface area contributed by atoms with Crippen molar-refractivity contribution in [2.24, 2.45) is 0 Å². The van der Waals surface area contributed by atoms with Gasteiger partial charge in [-0.05, 0) is 61.6 Å². The number of rotatable bonds is 2. The number of anilines is 1. The molecule has 0 unspecified atom stereocenters. The zero-order valence-corrected chi connectivity index (χ0v) is 14.8. The standard InChI is InChI=1S/C22H23N3/c1-14-10-22-19(11-16(14)12-23)20(13-25(22)17-6-3-4-7-17)18-8-5-9-21(24)15(18)2/h5,8-11,13,17H,3-4,6-7,24H2,1-2H3. The van der Waals surface area contributed by atoms with E-state index in [1.807, 2.05) is 25.1 Å². The third-order valence-corrected chi connectivity index (χ3v) is 5.68. The SMILES string of the molecule is Cc1cc2c(cc1C#N)c(-c1cccc(N)c1C)cn2C1CCCC1. The number of nitriles is 1. The molecule has 0 aliphatic heterocycles. The van der Waals surface area contributed by atoms with E-state index in [1.54, 1.807) is 0 Å². The largest absolute Gasteiger partial charge is 0.398 e. The molecule has 0 saturated heterocycles. The van der Waals surface area contributed by atoms with Crippen molar-refractivity contribution in [2.45, 2.75) is 45.6 Å². The number of nitrogens with zero attached hydrogens (tertiary/aromatic N) is 2. The van der Waals surface area contributed by atoms with Crippen LogP contribution in [0.4, 0.5) is 5.69 Å². The lowest BCUT2D eigenvalue weighted by Crippen LogP contribution is -2.02. The molecule has 3 aromatic rings. The minimum Gasteiger partial charge on any atom is -0.398 e. The molecule has 1 aromatic heterocycles. The van der Waals surface area contributed by atoms with Gasteiger partial charge in [-0.2, -0.15) is 5.26 Å². The Balaban J connectivity index is 2.03. The van der Waals surface area contributed by atoms with E-state index < -0.39 is 0 Å². The average molecular weight is 329 g/mol. The third-order valence-electron chi connectivity index (χ3n) is 5.68. The first kappa shape index (κ1) is 15.8. The summed E-state index contributed by atoms with van der Waals surface area (Å²) in [4.78, 5) is 0. The molecule has 3 nitrogen and oxygen atoms in total. The van der Waals surface area contributed by atoms with Gasteiger partial charge in [-0.3, -0.25) is 0 Å². The van der Waals surface area contributed by atoms with Gasteiger partial charge in [0, 0.05) is 34.4 Å². The van der Waals surface area contributed by atoms with E-state index in [9.17, 15) is 5.26 Å². The summed E-state index contributed by atoms with van der Waals surface area (Å²) in [5.41, 5.74) is 13.4. The summed E-state index contributed by atoms with van der Waals surface area (Å²) in [5, 5.41) is 10.6. The second-order valence-corrected chi connectivity index (χ2v) is 7.20. The van der Waals surface area contributed by atoms with Gasteiger partial charge in [-0.25, -0.2) is 0 Å². The summed E-state index contributed by atoms with van der Waals surface area (Å²) in [6, 6.07) is 13.2. The van der Waals surface area contributed by atoms with E-state index in [0.717, 1.165) is 33.3 Å². The maximum Gasteiger partial charge on any atom is 0.0994 e. The monoisotopic (exact) mass is 329 g/mol. The van der Waals surface area contributed by atoms with Crippen molar-refractivity contribution in [1.29, 1.82) is 5.26 Å². The van der Waals surface area contributed by atoms with Crippen LogP contribution in [0.15, 0.2) is 36.5 Å². The van der Waals surface area contributed by atoms with Gasteiger partial charge in [0.05, 0.1) is 11.6 Å². The number of hydrogen-bond donors (Lipinski definition) is 1. The number of nitrogens with two attached hydrogens (primary N) is 1. The summed E-state index contributed by atoms with van der Waals surface area (Å²) in [7, 11) is 0. The summed E-state index contributed by atoms with van der Waals surface area (Å²) in [5.74, 6) is 0. The van der Waals surface area contributed by atoms with Gasteiger partial charge in [0.1, 0.15) is 0 Å². The lowest BCUT2D eigenvalue weighted by atomic mass is 9.97. The van der Waals surface area contributed by atoms with Gasteiger partial charge in [0.15, 0.2) is 0 Å². The molecule has 126 valence electrons. The summed E-state index contributed by atoms with van der Waals surface area (Å²) in [6.45, 7) is 4.10. The van der Waals surface area contributed by atoms with E-state index in [0.29, 0.717) is 6.04 Å². The highest BCUT2D eigenvalue weighted by Crippen LogP contribution is 2.40. The second kappa shape index (κ2) is 5.97. The minimum absolute atomic E-state index is 0.560. The van der Waals surface area contributed by atoms with Gasteiger partial charge < -0.3 is 10.3 Å². The molecule has 0 radical (unpaired) electrons. The Bertz CT molecular complexity index is 998. The Labute approximate surface area is 148 Å². The van der Waals surface area contributed by atoms with E-state index in [-0.39, 0.29) is 0 Å². The molecule has 1 fully saturated rings. The van der Waals surface area contributed by atoms with Crippen LogP contribution in [0.3, 0.4) is 0 Å². The second-order valence-electron chi connectivity index (χ2n) is 7.20. The molecule has 3 heteroatoms. The van der Waals surface area contributed by atoms with E-state index in [4.69, 9.17) is 5.73 Å². The first-order valence-electron chi connectivity index (χ1n) is 9.01. The lowest BCUT2D eigenvalue weighted by molar-refractivity contribution is 0.536. The van der Waals surface area contributed by atoms with Crippen LogP contribution in [0.2, 0.25) is 0 Å². The zero-order chi connectivity index (χ0) is 17.6. The smallest absolute Gasteiger partial charge is 0.0994 e. The quantitative estimate of drug-likeness (QED) is 0.632. The Hall–Kier alpha value is -2.73. The van der Waals surface area contributed by atoms with Crippen LogP contribution in [0.25, 0.3) is 22.0 Å². The first-order valence-corrected chi connectivity index (χ1v) is 9.01. The number of nitrogen functional groups attached to an aromatic ring is 1. The fourth-order valence-electron chi connectivity index (χ4n) is 4.17. The molecule has 1 aliphatic carbocycles. The van der Waals surface area contributed by atoms with Gasteiger partial charge >= 0.3 is 0 Å².